The first-order chi connectivity index (χ1) is 9.09. The lowest BCUT2D eigenvalue weighted by Crippen LogP contribution is -2.17. The Labute approximate surface area is 120 Å². The fraction of sp³-hybridized carbons (Fsp3) is 0.0769. The lowest BCUT2D eigenvalue weighted by atomic mass is 10.2. The summed E-state index contributed by atoms with van der Waals surface area (Å²) in [5.41, 5.74) is 3.45. The van der Waals surface area contributed by atoms with Crippen molar-refractivity contribution in [2.75, 3.05) is 0 Å². The van der Waals surface area contributed by atoms with E-state index in [0.29, 0.717) is 26.9 Å². The molecule has 0 atom stereocenters. The van der Waals surface area contributed by atoms with E-state index < -0.39 is 0 Å². The Morgan fingerprint density at radius 2 is 2.16 bits per heavy atom. The predicted molar refractivity (Wildman–Crippen MR) is 75.0 cm³/mol. The molecule has 19 heavy (non-hydrogen) atoms. The van der Waals surface area contributed by atoms with Crippen molar-refractivity contribution in [2.45, 2.75) is 6.92 Å². The molecule has 1 aromatic carbocycles. The third kappa shape index (κ3) is 3.16. The van der Waals surface area contributed by atoms with Crippen molar-refractivity contribution in [3.8, 4) is 0 Å². The Bertz CT molecular complexity index is 635. The number of nitrogens with one attached hydrogen (secondary N) is 1. The molecule has 0 radical (unpaired) electrons. The minimum Gasteiger partial charge on any atom is -0.469 e. The molecule has 0 saturated heterocycles. The largest absolute Gasteiger partial charge is 0.469 e. The Kier molecular flexibility index (Phi) is 4.24. The van der Waals surface area contributed by atoms with Crippen molar-refractivity contribution >= 4 is 35.3 Å². The van der Waals surface area contributed by atoms with Gasteiger partial charge in [-0.05, 0) is 19.1 Å². The molecular formula is C13H10Cl2N2O2. The zero-order chi connectivity index (χ0) is 13.8. The number of hydrogen-bond donors (Lipinski definition) is 1. The second-order valence-electron chi connectivity index (χ2n) is 3.73. The first-order valence-corrected chi connectivity index (χ1v) is 6.16. The smallest absolute Gasteiger partial charge is 0.274 e. The van der Waals surface area contributed by atoms with E-state index in [0.717, 1.165) is 0 Å². The van der Waals surface area contributed by atoms with Crippen molar-refractivity contribution in [1.29, 1.82) is 0 Å². The predicted octanol–water partition coefficient (Wildman–Crippen LogP) is 3.66. The highest BCUT2D eigenvalue weighted by Crippen LogP contribution is 2.24. The number of benzene rings is 1. The molecule has 0 aliphatic heterocycles. The fourth-order valence-corrected chi connectivity index (χ4v) is 1.82. The van der Waals surface area contributed by atoms with Crippen LogP contribution in [0.25, 0.3) is 0 Å². The SMILES string of the molecule is Cc1occc1C(=O)N/N=C/c1cccc(Cl)c1Cl. The lowest BCUT2D eigenvalue weighted by molar-refractivity contribution is 0.0953. The van der Waals surface area contributed by atoms with E-state index in [1.54, 1.807) is 31.2 Å². The van der Waals surface area contributed by atoms with Crippen LogP contribution in [0.1, 0.15) is 21.7 Å². The summed E-state index contributed by atoms with van der Waals surface area (Å²) in [6.07, 6.45) is 2.88. The molecular weight excluding hydrogens is 287 g/mol. The van der Waals surface area contributed by atoms with Gasteiger partial charge in [-0.15, -0.1) is 0 Å². The molecule has 0 unspecified atom stereocenters. The van der Waals surface area contributed by atoms with Gasteiger partial charge < -0.3 is 4.42 Å². The van der Waals surface area contributed by atoms with Gasteiger partial charge in [0.15, 0.2) is 0 Å². The molecule has 6 heteroatoms. The first-order valence-electron chi connectivity index (χ1n) is 5.41. The zero-order valence-electron chi connectivity index (χ0n) is 9.98. The molecule has 2 rings (SSSR count). The van der Waals surface area contributed by atoms with Gasteiger partial charge in [-0.25, -0.2) is 5.43 Å². The Balaban J connectivity index is 2.07. The summed E-state index contributed by atoms with van der Waals surface area (Å²) in [5.74, 6) is 0.189. The maximum absolute atomic E-state index is 11.7. The van der Waals surface area contributed by atoms with Crippen LogP contribution in [0, 0.1) is 6.92 Å². The van der Waals surface area contributed by atoms with Crippen LogP contribution in [0.3, 0.4) is 0 Å². The van der Waals surface area contributed by atoms with E-state index in [-0.39, 0.29) is 5.91 Å². The number of halogens is 2. The van der Waals surface area contributed by atoms with Crippen molar-refractivity contribution in [1.82, 2.24) is 5.43 Å². The summed E-state index contributed by atoms with van der Waals surface area (Å²) in [7, 11) is 0. The second kappa shape index (κ2) is 5.91. The molecule has 0 fully saturated rings. The molecule has 1 heterocycles. The summed E-state index contributed by atoms with van der Waals surface area (Å²) in [6, 6.07) is 6.74. The van der Waals surface area contributed by atoms with Crippen LogP contribution in [0.5, 0.6) is 0 Å². The van der Waals surface area contributed by atoms with E-state index in [1.165, 1.54) is 12.5 Å². The summed E-state index contributed by atoms with van der Waals surface area (Å²) in [5, 5.41) is 4.65. The van der Waals surface area contributed by atoms with E-state index in [2.05, 4.69) is 10.5 Å². The molecule has 2 aromatic rings. The molecule has 0 spiro atoms. The summed E-state index contributed by atoms with van der Waals surface area (Å²) < 4.78 is 5.03. The normalized spacial score (nSPS) is 10.9. The van der Waals surface area contributed by atoms with Gasteiger partial charge in [0, 0.05) is 5.56 Å². The molecule has 1 aromatic heterocycles. The maximum Gasteiger partial charge on any atom is 0.274 e. The zero-order valence-corrected chi connectivity index (χ0v) is 11.5. The number of nitrogens with zero attached hydrogens (tertiary/aromatic N) is 1. The van der Waals surface area contributed by atoms with Gasteiger partial charge in [0.2, 0.25) is 0 Å². The number of rotatable bonds is 3. The number of amides is 1. The minimum absolute atomic E-state index is 0.347. The molecule has 0 bridgehead atoms. The average Bonchev–Trinajstić information content (AvgIpc) is 2.81. The minimum atomic E-state index is -0.347. The second-order valence-corrected chi connectivity index (χ2v) is 4.52. The van der Waals surface area contributed by atoms with E-state index in [4.69, 9.17) is 27.6 Å². The van der Waals surface area contributed by atoms with E-state index in [9.17, 15) is 4.79 Å². The number of aryl methyl sites for hydroxylation is 1. The van der Waals surface area contributed by atoms with Gasteiger partial charge in [-0.1, -0.05) is 35.3 Å². The van der Waals surface area contributed by atoms with Gasteiger partial charge in [0.05, 0.1) is 28.1 Å². The van der Waals surface area contributed by atoms with Crippen molar-refractivity contribution < 1.29 is 9.21 Å². The van der Waals surface area contributed by atoms with Gasteiger partial charge >= 0.3 is 0 Å². The fourth-order valence-electron chi connectivity index (χ4n) is 1.46. The number of hydrazone groups is 1. The number of carbonyl (C=O) groups excluding carboxylic acids is 1. The Hall–Kier alpha value is -1.78. The molecule has 0 aliphatic rings. The highest BCUT2D eigenvalue weighted by Gasteiger charge is 2.10. The number of carbonyl (C=O) groups is 1. The number of furan rings is 1. The molecule has 1 N–H and O–H groups in total. The van der Waals surface area contributed by atoms with E-state index in [1.807, 2.05) is 0 Å². The molecule has 98 valence electrons. The highest BCUT2D eigenvalue weighted by molar-refractivity contribution is 6.43. The van der Waals surface area contributed by atoms with Crippen molar-refractivity contribution in [2.24, 2.45) is 5.10 Å². The topological polar surface area (TPSA) is 54.6 Å². The Morgan fingerprint density at radius 3 is 2.84 bits per heavy atom. The quantitative estimate of drug-likeness (QED) is 0.694. The van der Waals surface area contributed by atoms with Crippen LogP contribution in [0.4, 0.5) is 0 Å². The third-order valence-corrected chi connectivity index (χ3v) is 3.29. The molecule has 1 amide bonds. The first kappa shape index (κ1) is 13.6. The van der Waals surface area contributed by atoms with Crippen molar-refractivity contribution in [3.63, 3.8) is 0 Å². The highest BCUT2D eigenvalue weighted by atomic mass is 35.5. The van der Waals surface area contributed by atoms with Crippen LogP contribution >= 0.6 is 23.2 Å². The van der Waals surface area contributed by atoms with Gasteiger partial charge in [-0.3, -0.25) is 4.79 Å². The maximum atomic E-state index is 11.7. The van der Waals surface area contributed by atoms with Crippen LogP contribution in [0.15, 0.2) is 40.0 Å². The number of hydrogen-bond acceptors (Lipinski definition) is 3. The summed E-state index contributed by atoms with van der Waals surface area (Å²) >= 11 is 11.8. The van der Waals surface area contributed by atoms with E-state index >= 15 is 0 Å². The summed E-state index contributed by atoms with van der Waals surface area (Å²) in [4.78, 5) is 11.7. The standard InChI is InChI=1S/C13H10Cl2N2O2/c1-8-10(5-6-19-8)13(18)17-16-7-9-3-2-4-11(14)12(9)15/h2-7H,1H3,(H,17,18)/b16-7+. The van der Waals surface area contributed by atoms with Crippen LogP contribution in [-0.2, 0) is 0 Å². The van der Waals surface area contributed by atoms with Crippen LogP contribution < -0.4 is 5.43 Å². The van der Waals surface area contributed by atoms with Gasteiger partial charge in [0.25, 0.3) is 5.91 Å². The Morgan fingerprint density at radius 1 is 1.37 bits per heavy atom. The van der Waals surface area contributed by atoms with Gasteiger partial charge in [0.1, 0.15) is 5.76 Å². The molecule has 0 saturated carbocycles. The monoisotopic (exact) mass is 296 g/mol. The van der Waals surface area contributed by atoms with Gasteiger partial charge in [-0.2, -0.15) is 5.10 Å². The average molecular weight is 297 g/mol. The third-order valence-electron chi connectivity index (χ3n) is 2.45. The molecule has 4 nitrogen and oxygen atoms in total. The van der Waals surface area contributed by atoms with Crippen LogP contribution in [-0.4, -0.2) is 12.1 Å². The lowest BCUT2D eigenvalue weighted by Gasteiger charge is -2.00. The van der Waals surface area contributed by atoms with Crippen molar-refractivity contribution in [3.05, 3.63) is 57.5 Å². The van der Waals surface area contributed by atoms with Crippen LogP contribution in [0.2, 0.25) is 10.0 Å². The summed E-state index contributed by atoms with van der Waals surface area (Å²) in [6.45, 7) is 1.70. The molecule has 0 aliphatic carbocycles.